The van der Waals surface area contributed by atoms with Crippen molar-refractivity contribution in [1.29, 1.82) is 0 Å². The third-order valence-electron chi connectivity index (χ3n) is 4.78. The van der Waals surface area contributed by atoms with Gasteiger partial charge in [0.25, 0.3) is 10.0 Å². The van der Waals surface area contributed by atoms with E-state index >= 15 is 0 Å². The highest BCUT2D eigenvalue weighted by molar-refractivity contribution is 7.92. The van der Waals surface area contributed by atoms with Gasteiger partial charge in [0, 0.05) is 40.0 Å². The van der Waals surface area contributed by atoms with Crippen LogP contribution in [0.1, 0.15) is 13.3 Å². The average molecular weight is 437 g/mol. The summed E-state index contributed by atoms with van der Waals surface area (Å²) in [6, 6.07) is 19.2. The number of fused-ring (bicyclic) bond motifs is 1. The Balaban J connectivity index is 1.56. The van der Waals surface area contributed by atoms with Gasteiger partial charge >= 0.3 is 0 Å². The standard InChI is InChI=1S/C23H20FN3O3S/c1-2-23(28)25-18-7-9-20(10-8-18)31(29,30)27-19-5-3-4-15(13-19)22-14-16-12-17(24)6-11-21(16)26-22/h3-14,26-27H,2H2,1H3,(H,25,28). The molecule has 31 heavy (non-hydrogen) atoms. The summed E-state index contributed by atoms with van der Waals surface area (Å²) in [5, 5.41) is 3.41. The molecule has 1 heterocycles. The van der Waals surface area contributed by atoms with Gasteiger partial charge in [-0.15, -0.1) is 0 Å². The van der Waals surface area contributed by atoms with Gasteiger partial charge < -0.3 is 10.3 Å². The average Bonchev–Trinajstić information content (AvgIpc) is 3.17. The highest BCUT2D eigenvalue weighted by Crippen LogP contribution is 2.27. The van der Waals surface area contributed by atoms with Crippen LogP contribution >= 0.6 is 0 Å². The molecule has 0 saturated carbocycles. The maximum atomic E-state index is 13.5. The summed E-state index contributed by atoms with van der Waals surface area (Å²) in [5.74, 6) is -0.467. The zero-order chi connectivity index (χ0) is 22.0. The van der Waals surface area contributed by atoms with Gasteiger partial charge in [-0.3, -0.25) is 9.52 Å². The zero-order valence-corrected chi connectivity index (χ0v) is 17.5. The van der Waals surface area contributed by atoms with Crippen molar-refractivity contribution in [1.82, 2.24) is 4.98 Å². The number of anilines is 2. The van der Waals surface area contributed by atoms with Crippen molar-refractivity contribution in [2.24, 2.45) is 0 Å². The molecule has 0 aliphatic rings. The summed E-state index contributed by atoms with van der Waals surface area (Å²) in [6.07, 6.45) is 0.337. The topological polar surface area (TPSA) is 91.1 Å². The number of carbonyl (C=O) groups excluding carboxylic acids is 1. The number of sulfonamides is 1. The smallest absolute Gasteiger partial charge is 0.261 e. The molecule has 0 spiro atoms. The number of nitrogens with one attached hydrogen (secondary N) is 3. The molecule has 158 valence electrons. The third-order valence-corrected chi connectivity index (χ3v) is 6.18. The molecule has 6 nitrogen and oxygen atoms in total. The van der Waals surface area contributed by atoms with Crippen molar-refractivity contribution >= 4 is 38.2 Å². The SMILES string of the molecule is CCC(=O)Nc1ccc(S(=O)(=O)Nc2cccc(-c3cc4cc(F)ccc4[nH]3)c2)cc1. The van der Waals surface area contributed by atoms with E-state index in [1.807, 2.05) is 12.1 Å². The number of hydrogen-bond acceptors (Lipinski definition) is 3. The van der Waals surface area contributed by atoms with Crippen LogP contribution in [-0.4, -0.2) is 19.3 Å². The van der Waals surface area contributed by atoms with Gasteiger partial charge in [0.2, 0.25) is 5.91 Å². The lowest BCUT2D eigenvalue weighted by Gasteiger charge is -2.10. The molecular weight excluding hydrogens is 417 g/mol. The molecule has 4 rings (SSSR count). The molecule has 0 saturated heterocycles. The summed E-state index contributed by atoms with van der Waals surface area (Å²) in [6.45, 7) is 1.74. The molecule has 0 fully saturated rings. The first-order valence-corrected chi connectivity index (χ1v) is 11.1. The van der Waals surface area contributed by atoms with Crippen LogP contribution in [0.4, 0.5) is 15.8 Å². The fourth-order valence-corrected chi connectivity index (χ4v) is 4.24. The molecule has 1 amide bonds. The van der Waals surface area contributed by atoms with Crippen LogP contribution < -0.4 is 10.0 Å². The second kappa shape index (κ2) is 8.23. The van der Waals surface area contributed by atoms with E-state index in [4.69, 9.17) is 0 Å². The normalized spacial score (nSPS) is 11.4. The minimum absolute atomic E-state index is 0.0773. The van der Waals surface area contributed by atoms with Gasteiger partial charge in [0.1, 0.15) is 5.82 Å². The van der Waals surface area contributed by atoms with Crippen LogP contribution in [0.5, 0.6) is 0 Å². The van der Waals surface area contributed by atoms with E-state index in [2.05, 4.69) is 15.0 Å². The Morgan fingerprint density at radius 1 is 0.968 bits per heavy atom. The predicted octanol–water partition coefficient (Wildman–Crippen LogP) is 5.12. The minimum Gasteiger partial charge on any atom is -0.355 e. The summed E-state index contributed by atoms with van der Waals surface area (Å²) >= 11 is 0. The molecule has 0 aliphatic carbocycles. The Morgan fingerprint density at radius 2 is 1.74 bits per heavy atom. The Labute approximate surface area is 179 Å². The van der Waals surface area contributed by atoms with E-state index in [1.54, 1.807) is 43.3 Å². The van der Waals surface area contributed by atoms with Crippen molar-refractivity contribution in [3.8, 4) is 11.3 Å². The number of halogens is 1. The highest BCUT2D eigenvalue weighted by Gasteiger charge is 2.15. The van der Waals surface area contributed by atoms with Gasteiger partial charge in [0.15, 0.2) is 0 Å². The Hall–Kier alpha value is -3.65. The number of aromatic nitrogens is 1. The van der Waals surface area contributed by atoms with Crippen molar-refractivity contribution in [2.45, 2.75) is 18.2 Å². The second-order valence-corrected chi connectivity index (χ2v) is 8.71. The van der Waals surface area contributed by atoms with Crippen molar-refractivity contribution in [3.05, 3.63) is 78.6 Å². The van der Waals surface area contributed by atoms with Crippen molar-refractivity contribution in [2.75, 3.05) is 10.0 Å². The molecule has 3 aromatic carbocycles. The van der Waals surface area contributed by atoms with Crippen LogP contribution in [0.2, 0.25) is 0 Å². The van der Waals surface area contributed by atoms with E-state index in [1.165, 1.54) is 24.3 Å². The van der Waals surface area contributed by atoms with Crippen LogP contribution in [-0.2, 0) is 14.8 Å². The molecule has 1 aromatic heterocycles. The molecule has 4 aromatic rings. The van der Waals surface area contributed by atoms with Gasteiger partial charge in [0.05, 0.1) is 4.90 Å². The maximum absolute atomic E-state index is 13.5. The van der Waals surface area contributed by atoms with Gasteiger partial charge in [-0.2, -0.15) is 0 Å². The zero-order valence-electron chi connectivity index (χ0n) is 16.6. The van der Waals surface area contributed by atoms with Crippen molar-refractivity contribution in [3.63, 3.8) is 0 Å². The Morgan fingerprint density at radius 3 is 2.48 bits per heavy atom. The lowest BCUT2D eigenvalue weighted by Crippen LogP contribution is -2.13. The lowest BCUT2D eigenvalue weighted by molar-refractivity contribution is -0.115. The maximum Gasteiger partial charge on any atom is 0.261 e. The largest absolute Gasteiger partial charge is 0.355 e. The molecular formula is C23H20FN3O3S. The molecule has 0 radical (unpaired) electrons. The van der Waals surface area contributed by atoms with Crippen molar-refractivity contribution < 1.29 is 17.6 Å². The molecule has 0 bridgehead atoms. The van der Waals surface area contributed by atoms with Gasteiger partial charge in [-0.1, -0.05) is 19.1 Å². The van der Waals surface area contributed by atoms with Crippen LogP contribution in [0.15, 0.2) is 77.7 Å². The molecule has 0 atom stereocenters. The number of carbonyl (C=O) groups is 1. The summed E-state index contributed by atoms with van der Waals surface area (Å²) in [4.78, 5) is 14.8. The van der Waals surface area contributed by atoms with E-state index in [0.29, 0.717) is 17.8 Å². The highest BCUT2D eigenvalue weighted by atomic mass is 32.2. The number of hydrogen-bond donors (Lipinski definition) is 3. The monoisotopic (exact) mass is 437 g/mol. The minimum atomic E-state index is -3.82. The molecule has 0 unspecified atom stereocenters. The first-order valence-electron chi connectivity index (χ1n) is 9.65. The van der Waals surface area contributed by atoms with Crippen LogP contribution in [0.3, 0.4) is 0 Å². The number of amides is 1. The first kappa shape index (κ1) is 20.6. The number of aromatic amines is 1. The van der Waals surface area contributed by atoms with Gasteiger partial charge in [-0.25, -0.2) is 12.8 Å². The second-order valence-electron chi connectivity index (χ2n) is 7.03. The van der Waals surface area contributed by atoms with E-state index in [9.17, 15) is 17.6 Å². The van der Waals surface area contributed by atoms with Crippen LogP contribution in [0, 0.1) is 5.82 Å². The Bertz CT molecular complexity index is 1360. The fraction of sp³-hybridized carbons (Fsp3) is 0.0870. The number of H-pyrrole nitrogens is 1. The quantitative estimate of drug-likeness (QED) is 0.391. The number of rotatable bonds is 6. The molecule has 3 N–H and O–H groups in total. The van der Waals surface area contributed by atoms with E-state index in [0.717, 1.165) is 22.2 Å². The van der Waals surface area contributed by atoms with E-state index < -0.39 is 10.0 Å². The fourth-order valence-electron chi connectivity index (χ4n) is 3.19. The van der Waals surface area contributed by atoms with Gasteiger partial charge in [-0.05, 0) is 60.7 Å². The van der Waals surface area contributed by atoms with Crippen LogP contribution in [0.25, 0.3) is 22.2 Å². The lowest BCUT2D eigenvalue weighted by atomic mass is 10.1. The Kier molecular flexibility index (Phi) is 5.48. The molecule has 0 aliphatic heterocycles. The summed E-state index contributed by atoms with van der Waals surface area (Å²) in [5.41, 5.74) is 3.22. The third kappa shape index (κ3) is 4.59. The predicted molar refractivity (Wildman–Crippen MR) is 120 cm³/mol. The summed E-state index contributed by atoms with van der Waals surface area (Å²) in [7, 11) is -3.82. The number of benzene rings is 3. The van der Waals surface area contributed by atoms with E-state index in [-0.39, 0.29) is 16.6 Å². The summed E-state index contributed by atoms with van der Waals surface area (Å²) < 4.78 is 41.6. The first-order chi connectivity index (χ1) is 14.8. The molecule has 8 heteroatoms.